The third-order valence-corrected chi connectivity index (χ3v) is 6.96. The van der Waals surface area contributed by atoms with E-state index in [-0.39, 0.29) is 18.3 Å². The smallest absolute Gasteiger partial charge is 0.456 e. The number of aryl methyl sites for hydroxylation is 2. The Morgan fingerprint density at radius 3 is 1.96 bits per heavy atom. The molecule has 1 fully saturated rings. The van der Waals surface area contributed by atoms with E-state index in [1.165, 1.54) is 34.7 Å². The minimum Gasteiger partial charge on any atom is -0.456 e. The molecule has 0 bridgehead atoms. The minimum atomic E-state index is -0.362. The van der Waals surface area contributed by atoms with Gasteiger partial charge < -0.3 is 13.7 Å². The lowest BCUT2D eigenvalue weighted by atomic mass is 9.78. The Bertz CT molecular complexity index is 1270. The van der Waals surface area contributed by atoms with E-state index in [0.717, 1.165) is 27.4 Å². The van der Waals surface area contributed by atoms with Gasteiger partial charge >= 0.3 is 7.12 Å². The maximum atomic E-state index is 6.24. The van der Waals surface area contributed by atoms with Crippen LogP contribution in [0.25, 0.3) is 32.7 Å². The predicted molar refractivity (Wildman–Crippen MR) is 114 cm³/mol. The molecule has 28 heavy (non-hydrogen) atoms. The molecule has 4 heteroatoms. The van der Waals surface area contributed by atoms with Gasteiger partial charge in [0, 0.05) is 10.8 Å². The van der Waals surface area contributed by atoms with Crippen molar-refractivity contribution in [1.82, 2.24) is 0 Å². The lowest BCUT2D eigenvalue weighted by molar-refractivity contribution is 0.00578. The van der Waals surface area contributed by atoms with Crippen LogP contribution in [-0.2, 0) is 22.2 Å². The molecule has 6 rings (SSSR count). The van der Waals surface area contributed by atoms with E-state index in [2.05, 4.69) is 64.1 Å². The van der Waals surface area contributed by atoms with Crippen LogP contribution in [0.1, 0.15) is 38.8 Å². The monoisotopic (exact) mass is 370 g/mol. The fourth-order valence-electron chi connectivity index (χ4n) is 4.37. The van der Waals surface area contributed by atoms with E-state index >= 15 is 0 Å². The second kappa shape index (κ2) is 5.19. The van der Waals surface area contributed by atoms with Crippen LogP contribution in [0.3, 0.4) is 0 Å². The second-order valence-corrected chi connectivity index (χ2v) is 9.26. The highest BCUT2D eigenvalue weighted by molar-refractivity contribution is 6.62. The molecule has 0 unspecified atom stereocenters. The van der Waals surface area contributed by atoms with Crippen LogP contribution in [0.2, 0.25) is 0 Å². The van der Waals surface area contributed by atoms with Crippen molar-refractivity contribution in [3.8, 4) is 0 Å². The normalized spacial score (nSPS) is 20.1. The molecule has 0 N–H and O–H groups in total. The van der Waals surface area contributed by atoms with E-state index in [0.29, 0.717) is 0 Å². The van der Waals surface area contributed by atoms with Gasteiger partial charge in [-0.2, -0.15) is 0 Å². The highest BCUT2D eigenvalue weighted by Gasteiger charge is 2.51. The molecule has 2 aliphatic rings. The van der Waals surface area contributed by atoms with E-state index in [4.69, 9.17) is 13.7 Å². The summed E-state index contributed by atoms with van der Waals surface area (Å²) in [5.74, 6) is 0. The molecule has 1 aromatic heterocycles. The van der Waals surface area contributed by atoms with E-state index in [1.807, 2.05) is 6.07 Å². The van der Waals surface area contributed by atoms with Crippen molar-refractivity contribution in [2.75, 3.05) is 0 Å². The molecule has 0 amide bonds. The second-order valence-electron chi connectivity index (χ2n) is 9.26. The van der Waals surface area contributed by atoms with Crippen molar-refractivity contribution in [1.29, 1.82) is 0 Å². The molecule has 0 radical (unpaired) electrons. The highest BCUT2D eigenvalue weighted by atomic mass is 16.7. The fourth-order valence-corrected chi connectivity index (χ4v) is 4.37. The van der Waals surface area contributed by atoms with Crippen molar-refractivity contribution in [2.24, 2.45) is 0 Å². The van der Waals surface area contributed by atoms with E-state index in [9.17, 15) is 0 Å². The molecular weight excluding hydrogens is 347 g/mol. The number of rotatable bonds is 1. The Balaban J connectivity index is 1.51. The molecule has 0 saturated carbocycles. The van der Waals surface area contributed by atoms with Gasteiger partial charge in [0.2, 0.25) is 0 Å². The summed E-state index contributed by atoms with van der Waals surface area (Å²) in [6, 6.07) is 15.4. The zero-order valence-corrected chi connectivity index (χ0v) is 16.8. The van der Waals surface area contributed by atoms with Gasteiger partial charge in [0.05, 0.1) is 11.2 Å². The van der Waals surface area contributed by atoms with Gasteiger partial charge in [-0.05, 0) is 86.1 Å². The molecule has 3 aromatic carbocycles. The van der Waals surface area contributed by atoms with Gasteiger partial charge in [-0.1, -0.05) is 24.3 Å². The zero-order chi connectivity index (χ0) is 19.3. The molecule has 140 valence electrons. The van der Waals surface area contributed by atoms with E-state index in [1.54, 1.807) is 0 Å². The summed E-state index contributed by atoms with van der Waals surface area (Å²) in [6.45, 7) is 8.34. The lowest BCUT2D eigenvalue weighted by Crippen LogP contribution is -2.41. The molecule has 0 atom stereocenters. The first-order chi connectivity index (χ1) is 13.3. The number of hydrogen-bond donors (Lipinski definition) is 0. The summed E-state index contributed by atoms with van der Waals surface area (Å²) in [6.07, 6.45) is 2.39. The van der Waals surface area contributed by atoms with Gasteiger partial charge in [-0.3, -0.25) is 0 Å². The Morgan fingerprint density at radius 2 is 1.32 bits per heavy atom. The largest absolute Gasteiger partial charge is 0.494 e. The zero-order valence-electron chi connectivity index (χ0n) is 16.8. The van der Waals surface area contributed by atoms with Crippen LogP contribution < -0.4 is 5.46 Å². The van der Waals surface area contributed by atoms with Crippen LogP contribution in [-0.4, -0.2) is 18.3 Å². The maximum Gasteiger partial charge on any atom is 0.494 e. The molecule has 2 heterocycles. The van der Waals surface area contributed by atoms with Crippen molar-refractivity contribution < 1.29 is 13.7 Å². The van der Waals surface area contributed by atoms with Crippen molar-refractivity contribution in [2.45, 2.75) is 51.7 Å². The van der Waals surface area contributed by atoms with Crippen molar-refractivity contribution in [3.05, 3.63) is 53.6 Å². The van der Waals surface area contributed by atoms with Crippen LogP contribution in [0.15, 0.2) is 46.9 Å². The van der Waals surface area contributed by atoms with Crippen molar-refractivity contribution >= 4 is 45.3 Å². The summed E-state index contributed by atoms with van der Waals surface area (Å²) >= 11 is 0. The number of fused-ring (bicyclic) bond motifs is 5. The predicted octanol–water partition coefficient (Wildman–Crippen LogP) is 5.14. The van der Waals surface area contributed by atoms with Gasteiger partial charge in [0.15, 0.2) is 0 Å². The average Bonchev–Trinajstić information content (AvgIpc) is 3.07. The summed E-state index contributed by atoms with van der Waals surface area (Å²) in [5.41, 5.74) is 5.15. The molecule has 1 saturated heterocycles. The first-order valence-electron chi connectivity index (χ1n) is 10.1. The van der Waals surface area contributed by atoms with Crippen LogP contribution >= 0.6 is 0 Å². The Kier molecular flexibility index (Phi) is 3.09. The van der Waals surface area contributed by atoms with Crippen molar-refractivity contribution in [3.63, 3.8) is 0 Å². The fraction of sp³-hybridized carbons (Fsp3) is 0.333. The quantitative estimate of drug-likeness (QED) is 0.435. The lowest BCUT2D eigenvalue weighted by Gasteiger charge is -2.32. The third kappa shape index (κ3) is 2.19. The van der Waals surface area contributed by atoms with Crippen LogP contribution in [0, 0.1) is 0 Å². The summed E-state index contributed by atoms with van der Waals surface area (Å²) < 4.78 is 18.6. The van der Waals surface area contributed by atoms with Crippen LogP contribution in [0.4, 0.5) is 0 Å². The Hall–Kier alpha value is -2.30. The Morgan fingerprint density at radius 1 is 0.714 bits per heavy atom. The number of hydrogen-bond acceptors (Lipinski definition) is 3. The molecule has 1 aliphatic carbocycles. The van der Waals surface area contributed by atoms with Crippen LogP contribution in [0.5, 0.6) is 0 Å². The number of furan rings is 1. The highest BCUT2D eigenvalue weighted by Crippen LogP contribution is 2.38. The number of benzene rings is 3. The third-order valence-electron chi connectivity index (χ3n) is 6.96. The van der Waals surface area contributed by atoms with Gasteiger partial charge in [0.1, 0.15) is 11.2 Å². The molecule has 0 spiro atoms. The topological polar surface area (TPSA) is 31.6 Å². The van der Waals surface area contributed by atoms with E-state index < -0.39 is 0 Å². The Labute approximate surface area is 164 Å². The van der Waals surface area contributed by atoms with Gasteiger partial charge in [0.25, 0.3) is 0 Å². The molecule has 1 aliphatic heterocycles. The molecule has 3 nitrogen and oxygen atoms in total. The first-order valence-corrected chi connectivity index (χ1v) is 10.1. The minimum absolute atomic E-state index is 0.344. The molecule has 4 aromatic rings. The summed E-state index contributed by atoms with van der Waals surface area (Å²) in [7, 11) is -0.362. The maximum absolute atomic E-state index is 6.24. The molecular formula is C24H23BO3. The standard InChI is InChI=1S/C24H23BO3/c1-23(2)24(3,4)28-25(27-23)18-7-8-21-20(13-18)19-11-16-9-14-5-6-15(14)10-17(16)12-22(19)26-21/h7-13H,5-6H2,1-4H3. The summed E-state index contributed by atoms with van der Waals surface area (Å²) in [4.78, 5) is 0. The van der Waals surface area contributed by atoms with Gasteiger partial charge in [-0.15, -0.1) is 0 Å². The van der Waals surface area contributed by atoms with Gasteiger partial charge in [-0.25, -0.2) is 0 Å². The average molecular weight is 370 g/mol. The SMILES string of the molecule is CC1(C)OB(c2ccc3oc4cc5cc6c(cc5cc4c3c2)CC6)OC1(C)C. The first kappa shape index (κ1) is 16.6. The summed E-state index contributed by atoms with van der Waals surface area (Å²) in [5, 5.41) is 4.82.